The Hall–Kier alpha value is -7.76. The summed E-state index contributed by atoms with van der Waals surface area (Å²) in [5.74, 6) is 0. The van der Waals surface area contributed by atoms with Crippen LogP contribution in [0.2, 0.25) is 0 Å². The Balaban J connectivity index is 1.01. The molecule has 4 heteroatoms. The Bertz CT molecular complexity index is 3560. The van der Waals surface area contributed by atoms with E-state index in [-0.39, 0.29) is 0 Å². The van der Waals surface area contributed by atoms with Gasteiger partial charge in [-0.25, -0.2) is 0 Å². The molecule has 0 amide bonds. The molecular weight excluding hydrogens is 861 g/mol. The molecule has 0 spiro atoms. The Morgan fingerprint density at radius 3 is 1.03 bits per heavy atom. The molecule has 12 aromatic rings. The molecule has 2 nitrogen and oxygen atoms in total. The molecule has 0 atom stereocenters. The van der Waals surface area contributed by atoms with Gasteiger partial charge >= 0.3 is 0 Å². The fourth-order valence-electron chi connectivity index (χ4n) is 10.5. The highest BCUT2D eigenvalue weighted by Gasteiger charge is 2.24. The standard InChI is InChI=1S/C64H48N2S2/c1-41-35-49(65(57-27-15-11-23-51(57)45-19-7-5-8-20-45)47-31-33-61-55(39-47)53-25-13-17-29-59(53)67-61)36-42(2)63(41)64-43(3)37-50(38-44(64)4)66(58-28-16-12-24-52(58)46-21-9-6-10-22-46)48-32-34-62-56(40-48)54-26-14-18-30-60(54)68-62/h5-40H,1-4H3. The summed E-state index contributed by atoms with van der Waals surface area (Å²) in [6.07, 6.45) is 0. The molecule has 0 bridgehead atoms. The smallest absolute Gasteiger partial charge is 0.0540 e. The van der Waals surface area contributed by atoms with Gasteiger partial charge in [0.05, 0.1) is 11.4 Å². The van der Waals surface area contributed by atoms with Gasteiger partial charge in [0.2, 0.25) is 0 Å². The number of fused-ring (bicyclic) bond motifs is 6. The van der Waals surface area contributed by atoms with Crippen molar-refractivity contribution in [2.24, 2.45) is 0 Å². The van der Waals surface area contributed by atoms with E-state index in [1.165, 1.54) is 96.0 Å². The van der Waals surface area contributed by atoms with Crippen molar-refractivity contribution >= 4 is 97.1 Å². The van der Waals surface area contributed by atoms with Crippen molar-refractivity contribution in [1.82, 2.24) is 0 Å². The van der Waals surface area contributed by atoms with Crippen LogP contribution in [0, 0.1) is 27.7 Å². The van der Waals surface area contributed by atoms with Crippen LogP contribution in [0.1, 0.15) is 22.3 Å². The molecule has 68 heavy (non-hydrogen) atoms. The minimum absolute atomic E-state index is 1.14. The fourth-order valence-corrected chi connectivity index (χ4v) is 12.7. The van der Waals surface area contributed by atoms with E-state index in [4.69, 9.17) is 0 Å². The molecule has 0 aliphatic carbocycles. The highest BCUT2D eigenvalue weighted by atomic mass is 32.1. The van der Waals surface area contributed by atoms with Crippen molar-refractivity contribution < 1.29 is 0 Å². The van der Waals surface area contributed by atoms with Crippen LogP contribution in [0.25, 0.3) is 73.7 Å². The molecular formula is C64H48N2S2. The van der Waals surface area contributed by atoms with Crippen LogP contribution in [0.4, 0.5) is 34.1 Å². The van der Waals surface area contributed by atoms with Crippen molar-refractivity contribution in [3.63, 3.8) is 0 Å². The number of hydrogen-bond acceptors (Lipinski definition) is 4. The van der Waals surface area contributed by atoms with Crippen LogP contribution in [-0.4, -0.2) is 0 Å². The van der Waals surface area contributed by atoms with E-state index < -0.39 is 0 Å². The summed E-state index contributed by atoms with van der Waals surface area (Å²) in [5.41, 5.74) is 19.1. The van der Waals surface area contributed by atoms with E-state index in [1.807, 2.05) is 22.7 Å². The Labute approximate surface area is 406 Å². The first-order valence-corrected chi connectivity index (χ1v) is 25.0. The number of anilines is 6. The molecule has 0 radical (unpaired) electrons. The van der Waals surface area contributed by atoms with Gasteiger partial charge < -0.3 is 9.80 Å². The third-order valence-electron chi connectivity index (χ3n) is 13.5. The maximum atomic E-state index is 2.47. The van der Waals surface area contributed by atoms with Gasteiger partial charge in [-0.3, -0.25) is 0 Å². The van der Waals surface area contributed by atoms with Gasteiger partial charge in [-0.15, -0.1) is 22.7 Å². The zero-order valence-electron chi connectivity index (χ0n) is 38.5. The number of thiophene rings is 2. The summed E-state index contributed by atoms with van der Waals surface area (Å²) in [7, 11) is 0. The lowest BCUT2D eigenvalue weighted by atomic mass is 9.88. The quantitative estimate of drug-likeness (QED) is 0.142. The molecule has 12 rings (SSSR count). The predicted molar refractivity (Wildman–Crippen MR) is 297 cm³/mol. The van der Waals surface area contributed by atoms with Crippen molar-refractivity contribution in [2.45, 2.75) is 27.7 Å². The minimum Gasteiger partial charge on any atom is -0.310 e. The molecule has 0 saturated heterocycles. The molecule has 0 aliphatic rings. The second kappa shape index (κ2) is 17.2. The van der Waals surface area contributed by atoms with Gasteiger partial charge in [0.25, 0.3) is 0 Å². The Morgan fingerprint density at radius 1 is 0.279 bits per heavy atom. The first kappa shape index (κ1) is 41.7. The highest BCUT2D eigenvalue weighted by molar-refractivity contribution is 7.26. The van der Waals surface area contributed by atoms with Crippen molar-refractivity contribution in [3.05, 3.63) is 241 Å². The Morgan fingerprint density at radius 2 is 0.618 bits per heavy atom. The van der Waals surface area contributed by atoms with Crippen LogP contribution < -0.4 is 9.80 Å². The molecule has 0 unspecified atom stereocenters. The molecule has 0 fully saturated rings. The number of para-hydroxylation sites is 2. The summed E-state index contributed by atoms with van der Waals surface area (Å²) < 4.78 is 5.21. The first-order valence-electron chi connectivity index (χ1n) is 23.3. The van der Waals surface area contributed by atoms with Crippen LogP contribution >= 0.6 is 22.7 Å². The molecule has 0 saturated carbocycles. The molecule has 0 N–H and O–H groups in total. The van der Waals surface area contributed by atoms with Crippen LogP contribution in [0.5, 0.6) is 0 Å². The second-order valence-corrected chi connectivity index (χ2v) is 20.1. The Kier molecular flexibility index (Phi) is 10.5. The lowest BCUT2D eigenvalue weighted by Crippen LogP contribution is -2.13. The van der Waals surface area contributed by atoms with Crippen molar-refractivity contribution in [1.29, 1.82) is 0 Å². The minimum atomic E-state index is 1.14. The average molecular weight is 909 g/mol. The number of rotatable bonds is 9. The summed E-state index contributed by atoms with van der Waals surface area (Å²) in [6, 6.07) is 80.4. The molecule has 0 aliphatic heterocycles. The topological polar surface area (TPSA) is 6.48 Å². The van der Waals surface area contributed by atoms with Gasteiger partial charge in [0.1, 0.15) is 0 Å². The summed E-state index contributed by atoms with van der Waals surface area (Å²) in [4.78, 5) is 4.94. The number of nitrogens with zero attached hydrogens (tertiary/aromatic N) is 2. The summed E-state index contributed by atoms with van der Waals surface area (Å²) in [6.45, 7) is 9.16. The van der Waals surface area contributed by atoms with Gasteiger partial charge in [-0.2, -0.15) is 0 Å². The second-order valence-electron chi connectivity index (χ2n) is 17.9. The van der Waals surface area contributed by atoms with Crippen molar-refractivity contribution in [2.75, 3.05) is 9.80 Å². The number of hydrogen-bond donors (Lipinski definition) is 0. The van der Waals surface area contributed by atoms with E-state index >= 15 is 0 Å². The normalized spacial score (nSPS) is 11.5. The molecule has 2 aromatic heterocycles. The average Bonchev–Trinajstić information content (AvgIpc) is 3.94. The van der Waals surface area contributed by atoms with E-state index in [0.29, 0.717) is 0 Å². The fraction of sp³-hybridized carbons (Fsp3) is 0.0625. The third-order valence-corrected chi connectivity index (χ3v) is 15.8. The number of aryl methyl sites for hydroxylation is 4. The zero-order chi connectivity index (χ0) is 45.9. The maximum Gasteiger partial charge on any atom is 0.0540 e. The first-order chi connectivity index (χ1) is 33.4. The van der Waals surface area contributed by atoms with Gasteiger partial charge in [0.15, 0.2) is 0 Å². The monoisotopic (exact) mass is 908 g/mol. The molecule has 2 heterocycles. The maximum absolute atomic E-state index is 2.47. The van der Waals surface area contributed by atoms with E-state index in [2.05, 4.69) is 256 Å². The lowest BCUT2D eigenvalue weighted by molar-refractivity contribution is 1.24. The van der Waals surface area contributed by atoms with Gasteiger partial charge in [-0.05, 0) is 157 Å². The lowest BCUT2D eigenvalue weighted by Gasteiger charge is -2.30. The molecule has 10 aromatic carbocycles. The van der Waals surface area contributed by atoms with Gasteiger partial charge in [0, 0.05) is 74.2 Å². The summed E-state index contributed by atoms with van der Waals surface area (Å²) >= 11 is 3.72. The van der Waals surface area contributed by atoms with Crippen molar-refractivity contribution in [3.8, 4) is 33.4 Å². The molecule has 326 valence electrons. The SMILES string of the molecule is Cc1cc(N(c2ccc3sc4ccccc4c3c2)c2ccccc2-c2ccccc2)cc(C)c1-c1c(C)cc(N(c2ccc3sc4ccccc4c3c2)c2ccccc2-c2ccccc2)cc1C. The number of benzene rings is 10. The van der Waals surface area contributed by atoms with Crippen LogP contribution in [0.15, 0.2) is 218 Å². The largest absolute Gasteiger partial charge is 0.310 e. The third kappa shape index (κ3) is 7.25. The van der Waals surface area contributed by atoms with E-state index in [9.17, 15) is 0 Å². The zero-order valence-corrected chi connectivity index (χ0v) is 40.1. The predicted octanol–water partition coefficient (Wildman–Crippen LogP) is 19.6. The van der Waals surface area contributed by atoms with Crippen LogP contribution in [0.3, 0.4) is 0 Å². The van der Waals surface area contributed by atoms with E-state index in [0.717, 1.165) is 34.1 Å². The van der Waals surface area contributed by atoms with E-state index in [1.54, 1.807) is 0 Å². The van der Waals surface area contributed by atoms with Crippen LogP contribution in [-0.2, 0) is 0 Å². The summed E-state index contributed by atoms with van der Waals surface area (Å²) in [5, 5.41) is 5.16. The van der Waals surface area contributed by atoms with Gasteiger partial charge in [-0.1, -0.05) is 133 Å². The highest BCUT2D eigenvalue weighted by Crippen LogP contribution is 2.48.